The average molecular weight is 532 g/mol. The minimum Gasteiger partial charge on any atom is -0.257 e. The highest BCUT2D eigenvalue weighted by molar-refractivity contribution is 9.10. The lowest BCUT2D eigenvalue weighted by molar-refractivity contribution is 0.648. The molecule has 0 saturated heterocycles. The molecule has 1 aliphatic rings. The van der Waals surface area contributed by atoms with Gasteiger partial charge in [-0.15, -0.1) is 0 Å². The van der Waals surface area contributed by atoms with E-state index in [1.807, 2.05) is 0 Å². The zero-order valence-electron chi connectivity index (χ0n) is 16.7. The summed E-state index contributed by atoms with van der Waals surface area (Å²) in [5.41, 5.74) is 5.80. The van der Waals surface area contributed by atoms with Crippen LogP contribution in [0.3, 0.4) is 0 Å². The van der Waals surface area contributed by atoms with Crippen molar-refractivity contribution >= 4 is 43.3 Å². The molecule has 0 fully saturated rings. The van der Waals surface area contributed by atoms with Gasteiger partial charge in [-0.3, -0.25) is 5.01 Å². The van der Waals surface area contributed by atoms with E-state index in [9.17, 15) is 0 Å². The van der Waals surface area contributed by atoms with Crippen LogP contribution in [0.25, 0.3) is 0 Å². The first-order valence-corrected chi connectivity index (χ1v) is 11.8. The number of halogens is 2. The van der Waals surface area contributed by atoms with Crippen molar-refractivity contribution in [3.8, 4) is 0 Å². The molecule has 4 heteroatoms. The van der Waals surface area contributed by atoms with E-state index in [0.717, 1.165) is 25.9 Å². The third-order valence-electron chi connectivity index (χ3n) is 5.62. The molecule has 5 rings (SSSR count). The molecule has 0 aliphatic carbocycles. The number of benzene rings is 4. The fraction of sp³-hybridized carbons (Fsp3) is 0.0741. The maximum atomic E-state index is 5.22. The summed E-state index contributed by atoms with van der Waals surface area (Å²) in [7, 11) is 0. The molecule has 0 saturated carbocycles. The molecule has 1 aliphatic heterocycles. The standard InChI is InChI=1S/C27H20Br2N2/c28-22-13-11-20(12-14-22)26-25(19-7-3-1-4-8-19)27(21-9-5-2-6-10-21)31(30-26)24-17-15-23(29)16-18-24/h1-18,25,27H/t25-,27+/m1/s1. The Bertz CT molecular complexity index is 1190. The van der Waals surface area contributed by atoms with Crippen molar-refractivity contribution in [1.82, 2.24) is 0 Å². The van der Waals surface area contributed by atoms with Gasteiger partial charge in [-0.2, -0.15) is 5.10 Å². The van der Waals surface area contributed by atoms with Crippen molar-refractivity contribution < 1.29 is 0 Å². The van der Waals surface area contributed by atoms with Crippen molar-refractivity contribution in [2.45, 2.75) is 12.0 Å². The molecule has 0 unspecified atom stereocenters. The second kappa shape index (κ2) is 8.81. The molecule has 152 valence electrons. The van der Waals surface area contributed by atoms with Crippen LogP contribution in [0.1, 0.15) is 28.7 Å². The molecule has 0 aromatic heterocycles. The fourth-order valence-corrected chi connectivity index (χ4v) is 4.71. The fourth-order valence-electron chi connectivity index (χ4n) is 4.19. The van der Waals surface area contributed by atoms with Gasteiger partial charge in [0.15, 0.2) is 0 Å². The lowest BCUT2D eigenvalue weighted by Crippen LogP contribution is -2.24. The van der Waals surface area contributed by atoms with E-state index in [4.69, 9.17) is 5.10 Å². The zero-order chi connectivity index (χ0) is 21.2. The second-order valence-electron chi connectivity index (χ2n) is 7.56. The van der Waals surface area contributed by atoms with Crippen LogP contribution in [0.4, 0.5) is 5.69 Å². The molecular formula is C27H20Br2N2. The lowest BCUT2D eigenvalue weighted by Gasteiger charge is -2.29. The van der Waals surface area contributed by atoms with Gasteiger partial charge in [0.25, 0.3) is 0 Å². The monoisotopic (exact) mass is 530 g/mol. The Hall–Kier alpha value is -2.69. The van der Waals surface area contributed by atoms with Crippen LogP contribution in [0, 0.1) is 0 Å². The van der Waals surface area contributed by atoms with Crippen molar-refractivity contribution in [2.24, 2.45) is 5.10 Å². The van der Waals surface area contributed by atoms with Crippen LogP contribution in [0.5, 0.6) is 0 Å². The Kier molecular flexibility index (Phi) is 5.75. The van der Waals surface area contributed by atoms with Gasteiger partial charge in [0.2, 0.25) is 0 Å². The normalized spacial score (nSPS) is 18.1. The smallest absolute Gasteiger partial charge is 0.0900 e. The number of anilines is 1. The van der Waals surface area contributed by atoms with Gasteiger partial charge in [-0.25, -0.2) is 0 Å². The molecule has 0 N–H and O–H groups in total. The first kappa shape index (κ1) is 20.2. The Morgan fingerprint density at radius 1 is 0.581 bits per heavy atom. The molecule has 4 aromatic carbocycles. The van der Waals surface area contributed by atoms with E-state index in [2.05, 4.69) is 146 Å². The summed E-state index contributed by atoms with van der Waals surface area (Å²) < 4.78 is 2.12. The quantitative estimate of drug-likeness (QED) is 0.261. The summed E-state index contributed by atoms with van der Waals surface area (Å²) in [5.74, 6) is 0.105. The van der Waals surface area contributed by atoms with Crippen molar-refractivity contribution in [2.75, 3.05) is 5.01 Å². The SMILES string of the molecule is Brc1ccc(C2=NN(c3ccc(Br)cc3)[C@@H](c3ccccc3)[C@@H]2c2ccccc2)cc1. The first-order chi connectivity index (χ1) is 15.2. The minimum absolute atomic E-state index is 0.0587. The molecule has 0 radical (unpaired) electrons. The topological polar surface area (TPSA) is 15.6 Å². The van der Waals surface area contributed by atoms with Gasteiger partial charge in [0.1, 0.15) is 0 Å². The highest BCUT2D eigenvalue weighted by Crippen LogP contribution is 2.46. The van der Waals surface area contributed by atoms with E-state index >= 15 is 0 Å². The highest BCUT2D eigenvalue weighted by atomic mass is 79.9. The van der Waals surface area contributed by atoms with Crippen LogP contribution in [0.15, 0.2) is 123 Å². The maximum Gasteiger partial charge on any atom is 0.0900 e. The summed E-state index contributed by atoms with van der Waals surface area (Å²) in [5, 5.41) is 7.40. The average Bonchev–Trinajstić information content (AvgIpc) is 3.22. The summed E-state index contributed by atoms with van der Waals surface area (Å²) in [6, 6.07) is 38.3. The van der Waals surface area contributed by atoms with E-state index < -0.39 is 0 Å². The summed E-state index contributed by atoms with van der Waals surface area (Å²) >= 11 is 7.12. The summed E-state index contributed by atoms with van der Waals surface area (Å²) in [6.45, 7) is 0. The third-order valence-corrected chi connectivity index (χ3v) is 6.68. The van der Waals surface area contributed by atoms with Crippen LogP contribution in [-0.2, 0) is 0 Å². The third kappa shape index (κ3) is 4.10. The lowest BCUT2D eigenvalue weighted by atomic mass is 9.82. The number of hydrogen-bond donors (Lipinski definition) is 0. The van der Waals surface area contributed by atoms with Crippen LogP contribution >= 0.6 is 31.9 Å². The molecule has 2 atom stereocenters. The van der Waals surface area contributed by atoms with Crippen LogP contribution < -0.4 is 5.01 Å². The van der Waals surface area contributed by atoms with Gasteiger partial charge < -0.3 is 0 Å². The van der Waals surface area contributed by atoms with Crippen LogP contribution in [-0.4, -0.2) is 5.71 Å². The van der Waals surface area contributed by atoms with E-state index in [1.165, 1.54) is 11.1 Å². The Balaban J connectivity index is 1.71. The van der Waals surface area contributed by atoms with Gasteiger partial charge in [0, 0.05) is 8.95 Å². The first-order valence-electron chi connectivity index (χ1n) is 10.2. The molecule has 0 amide bonds. The molecule has 0 spiro atoms. The Morgan fingerprint density at radius 2 is 1.10 bits per heavy atom. The largest absolute Gasteiger partial charge is 0.257 e. The number of hydrogen-bond acceptors (Lipinski definition) is 2. The zero-order valence-corrected chi connectivity index (χ0v) is 19.9. The molecule has 4 aromatic rings. The van der Waals surface area contributed by atoms with Crippen molar-refractivity contribution in [1.29, 1.82) is 0 Å². The number of hydrazone groups is 1. The molecule has 2 nitrogen and oxygen atoms in total. The molecule has 1 heterocycles. The van der Waals surface area contributed by atoms with Gasteiger partial charge in [0.05, 0.1) is 23.4 Å². The van der Waals surface area contributed by atoms with Crippen LogP contribution in [0.2, 0.25) is 0 Å². The number of nitrogens with zero attached hydrogens (tertiary/aromatic N) is 2. The Morgan fingerprint density at radius 3 is 1.68 bits per heavy atom. The molecule has 31 heavy (non-hydrogen) atoms. The predicted molar refractivity (Wildman–Crippen MR) is 136 cm³/mol. The Labute approximate surface area is 199 Å². The maximum absolute atomic E-state index is 5.22. The van der Waals surface area contributed by atoms with Gasteiger partial charge in [-0.05, 0) is 53.1 Å². The molecular weight excluding hydrogens is 512 g/mol. The minimum atomic E-state index is 0.0587. The van der Waals surface area contributed by atoms with Crippen molar-refractivity contribution in [3.63, 3.8) is 0 Å². The summed E-state index contributed by atoms with van der Waals surface area (Å²) in [4.78, 5) is 0. The second-order valence-corrected chi connectivity index (χ2v) is 9.39. The summed E-state index contributed by atoms with van der Waals surface area (Å²) in [6.07, 6.45) is 0. The van der Waals surface area contributed by atoms with E-state index in [0.29, 0.717) is 0 Å². The van der Waals surface area contributed by atoms with E-state index in [-0.39, 0.29) is 12.0 Å². The van der Waals surface area contributed by atoms with E-state index in [1.54, 1.807) is 0 Å². The molecule has 0 bridgehead atoms. The van der Waals surface area contributed by atoms with Gasteiger partial charge >= 0.3 is 0 Å². The number of rotatable bonds is 4. The highest BCUT2D eigenvalue weighted by Gasteiger charge is 2.40. The predicted octanol–water partition coefficient (Wildman–Crippen LogP) is 7.96. The van der Waals surface area contributed by atoms with Gasteiger partial charge in [-0.1, -0.05) is 105 Å². The van der Waals surface area contributed by atoms with Crippen molar-refractivity contribution in [3.05, 3.63) is 135 Å².